The molecule has 1 saturated heterocycles. The molecule has 154 valence electrons. The van der Waals surface area contributed by atoms with Crippen molar-refractivity contribution in [3.8, 4) is 0 Å². The van der Waals surface area contributed by atoms with Gasteiger partial charge in [0, 0.05) is 42.3 Å². The minimum atomic E-state index is -0.136. The number of fused-ring (bicyclic) bond motifs is 1. The average Bonchev–Trinajstić information content (AvgIpc) is 3.26. The van der Waals surface area contributed by atoms with Gasteiger partial charge in [-0.2, -0.15) is 4.98 Å². The lowest BCUT2D eigenvalue weighted by molar-refractivity contribution is 0.111. The zero-order valence-electron chi connectivity index (χ0n) is 17.6. The highest BCUT2D eigenvalue weighted by Gasteiger charge is 2.28. The van der Waals surface area contributed by atoms with Crippen LogP contribution in [0.1, 0.15) is 76.3 Å². The summed E-state index contributed by atoms with van der Waals surface area (Å²) in [7, 11) is 2.20. The summed E-state index contributed by atoms with van der Waals surface area (Å²) in [5.41, 5.74) is 2.46. The van der Waals surface area contributed by atoms with Crippen molar-refractivity contribution in [3.05, 3.63) is 18.0 Å². The minimum Gasteiger partial charge on any atom is -0.393 e. The molecule has 2 aromatic heterocycles. The molecule has 3 heterocycles. The molecule has 1 aliphatic carbocycles. The first-order chi connectivity index (χ1) is 13.5. The van der Waals surface area contributed by atoms with Crippen molar-refractivity contribution in [1.29, 1.82) is 0 Å². The Hall–Kier alpha value is -1.66. The van der Waals surface area contributed by atoms with Crippen molar-refractivity contribution in [2.75, 3.05) is 25.5 Å². The van der Waals surface area contributed by atoms with E-state index < -0.39 is 0 Å². The average molecular weight is 386 g/mol. The van der Waals surface area contributed by atoms with Gasteiger partial charge in [0.15, 0.2) is 0 Å². The molecular weight excluding hydrogens is 350 g/mol. The Morgan fingerprint density at radius 3 is 2.71 bits per heavy atom. The summed E-state index contributed by atoms with van der Waals surface area (Å²) in [4.78, 5) is 12.0. The first-order valence-electron chi connectivity index (χ1n) is 11.1. The Morgan fingerprint density at radius 1 is 1.25 bits per heavy atom. The lowest BCUT2D eigenvalue weighted by Crippen LogP contribution is -2.21. The van der Waals surface area contributed by atoms with Crippen molar-refractivity contribution < 1.29 is 5.11 Å². The number of aromatic nitrogens is 3. The van der Waals surface area contributed by atoms with E-state index >= 15 is 0 Å². The first-order valence-corrected chi connectivity index (χ1v) is 11.1. The van der Waals surface area contributed by atoms with Gasteiger partial charge in [-0.05, 0) is 64.6 Å². The summed E-state index contributed by atoms with van der Waals surface area (Å²) >= 11 is 0. The van der Waals surface area contributed by atoms with Gasteiger partial charge < -0.3 is 19.9 Å². The highest BCUT2D eigenvalue weighted by atomic mass is 16.3. The number of aliphatic hydroxyl groups excluding tert-OH is 1. The molecule has 0 spiro atoms. The van der Waals surface area contributed by atoms with Gasteiger partial charge in [-0.1, -0.05) is 13.3 Å². The standard InChI is InChI=1S/C22H35N5O/c1-4-5-15(2)24-22-23-12-19-20(16-10-11-26(3)13-16)14-27(21(19)25-22)17-6-8-18(28)9-7-17/h12,14-18,28H,4-11,13H2,1-3H3,(H,23,24,25)/t15-,16?,17?,18?/m0/s1. The zero-order chi connectivity index (χ0) is 19.7. The number of nitrogens with zero attached hydrogens (tertiary/aromatic N) is 4. The van der Waals surface area contributed by atoms with Crippen LogP contribution in [-0.2, 0) is 0 Å². The molecule has 2 fully saturated rings. The maximum atomic E-state index is 9.94. The van der Waals surface area contributed by atoms with Crippen LogP contribution in [0, 0.1) is 0 Å². The smallest absolute Gasteiger partial charge is 0.224 e. The second-order valence-electron chi connectivity index (χ2n) is 8.97. The number of hydrogen-bond acceptors (Lipinski definition) is 5. The molecule has 28 heavy (non-hydrogen) atoms. The van der Waals surface area contributed by atoms with Crippen molar-refractivity contribution in [2.24, 2.45) is 0 Å². The molecule has 2 N–H and O–H groups in total. The Bertz CT molecular complexity index is 796. The Balaban J connectivity index is 1.69. The molecule has 2 aromatic rings. The van der Waals surface area contributed by atoms with Gasteiger partial charge in [-0.25, -0.2) is 4.98 Å². The fourth-order valence-corrected chi connectivity index (χ4v) is 4.98. The highest BCUT2D eigenvalue weighted by molar-refractivity contribution is 5.81. The number of nitrogens with one attached hydrogen (secondary N) is 1. The van der Waals surface area contributed by atoms with Crippen LogP contribution in [0.15, 0.2) is 12.4 Å². The summed E-state index contributed by atoms with van der Waals surface area (Å²) in [5.74, 6) is 1.29. The van der Waals surface area contributed by atoms with Gasteiger partial charge in [-0.15, -0.1) is 0 Å². The Morgan fingerprint density at radius 2 is 2.04 bits per heavy atom. The molecule has 0 amide bonds. The minimum absolute atomic E-state index is 0.136. The molecule has 2 aliphatic rings. The predicted molar refractivity (Wildman–Crippen MR) is 114 cm³/mol. The normalized spacial score (nSPS) is 27.4. The third kappa shape index (κ3) is 4.03. The van der Waals surface area contributed by atoms with Crippen molar-refractivity contribution in [2.45, 2.75) is 82.9 Å². The molecule has 1 unspecified atom stereocenters. The van der Waals surface area contributed by atoms with E-state index in [0.717, 1.165) is 63.2 Å². The highest BCUT2D eigenvalue weighted by Crippen LogP contribution is 2.37. The molecule has 4 rings (SSSR count). The van der Waals surface area contributed by atoms with Crippen LogP contribution in [0.2, 0.25) is 0 Å². The molecule has 1 saturated carbocycles. The van der Waals surface area contributed by atoms with Gasteiger partial charge in [-0.3, -0.25) is 0 Å². The quantitative estimate of drug-likeness (QED) is 0.789. The van der Waals surface area contributed by atoms with E-state index in [1.807, 2.05) is 6.20 Å². The molecule has 2 atom stereocenters. The largest absolute Gasteiger partial charge is 0.393 e. The summed E-state index contributed by atoms with van der Waals surface area (Å²) in [5, 5.41) is 14.6. The maximum Gasteiger partial charge on any atom is 0.224 e. The predicted octanol–water partition coefficient (Wildman–Crippen LogP) is 3.93. The van der Waals surface area contributed by atoms with Crippen LogP contribution in [0.25, 0.3) is 11.0 Å². The maximum absolute atomic E-state index is 9.94. The van der Waals surface area contributed by atoms with Crippen LogP contribution in [-0.4, -0.2) is 56.8 Å². The lowest BCUT2D eigenvalue weighted by Gasteiger charge is -2.27. The van der Waals surface area contributed by atoms with Crippen LogP contribution in [0.5, 0.6) is 0 Å². The third-order valence-electron chi connectivity index (χ3n) is 6.59. The second-order valence-corrected chi connectivity index (χ2v) is 8.97. The van der Waals surface area contributed by atoms with Crippen molar-refractivity contribution >= 4 is 17.0 Å². The second kappa shape index (κ2) is 8.37. The topological polar surface area (TPSA) is 66.2 Å². The van der Waals surface area contributed by atoms with E-state index in [1.54, 1.807) is 0 Å². The van der Waals surface area contributed by atoms with Crippen LogP contribution >= 0.6 is 0 Å². The zero-order valence-corrected chi connectivity index (χ0v) is 17.6. The molecular formula is C22H35N5O. The van der Waals surface area contributed by atoms with Gasteiger partial charge in [0.05, 0.1) is 6.10 Å². The third-order valence-corrected chi connectivity index (χ3v) is 6.59. The summed E-state index contributed by atoms with van der Waals surface area (Å²) in [6.45, 7) is 6.66. The molecule has 0 aromatic carbocycles. The van der Waals surface area contributed by atoms with E-state index in [2.05, 4.69) is 46.9 Å². The molecule has 6 heteroatoms. The van der Waals surface area contributed by atoms with Gasteiger partial charge in [0.2, 0.25) is 5.95 Å². The number of aliphatic hydroxyl groups is 1. The molecule has 0 radical (unpaired) electrons. The Labute approximate surface area is 168 Å². The van der Waals surface area contributed by atoms with E-state index in [9.17, 15) is 5.11 Å². The Kier molecular flexibility index (Phi) is 5.88. The summed E-state index contributed by atoms with van der Waals surface area (Å²) < 4.78 is 2.40. The van der Waals surface area contributed by atoms with Crippen LogP contribution < -0.4 is 5.32 Å². The fourth-order valence-electron chi connectivity index (χ4n) is 4.98. The van der Waals surface area contributed by atoms with Crippen molar-refractivity contribution in [1.82, 2.24) is 19.4 Å². The van der Waals surface area contributed by atoms with E-state index in [1.165, 1.54) is 17.4 Å². The van der Waals surface area contributed by atoms with Crippen LogP contribution in [0.3, 0.4) is 0 Å². The van der Waals surface area contributed by atoms with Crippen molar-refractivity contribution in [3.63, 3.8) is 0 Å². The number of anilines is 1. The van der Waals surface area contributed by atoms with Gasteiger partial charge in [0.25, 0.3) is 0 Å². The summed E-state index contributed by atoms with van der Waals surface area (Å²) in [6.07, 6.45) is 11.5. The molecule has 6 nitrogen and oxygen atoms in total. The molecule has 0 bridgehead atoms. The SMILES string of the molecule is CCC[C@H](C)Nc1ncc2c(C3CCN(C)C3)cn(C3CCC(O)CC3)c2n1. The van der Waals surface area contributed by atoms with Gasteiger partial charge >= 0.3 is 0 Å². The number of hydrogen-bond donors (Lipinski definition) is 2. The lowest BCUT2D eigenvalue weighted by atomic mass is 9.93. The van der Waals surface area contributed by atoms with Crippen LogP contribution in [0.4, 0.5) is 5.95 Å². The van der Waals surface area contributed by atoms with E-state index in [-0.39, 0.29) is 6.10 Å². The molecule has 1 aliphatic heterocycles. The monoisotopic (exact) mass is 385 g/mol. The fraction of sp³-hybridized carbons (Fsp3) is 0.727. The number of rotatable bonds is 6. The van der Waals surface area contributed by atoms with E-state index in [0.29, 0.717) is 18.0 Å². The first kappa shape index (κ1) is 19.6. The van der Waals surface area contributed by atoms with E-state index in [4.69, 9.17) is 4.98 Å². The summed E-state index contributed by atoms with van der Waals surface area (Å²) in [6, 6.07) is 0.799. The number of likely N-dealkylation sites (N-methyl/N-ethyl adjacent to an activating group) is 1. The van der Waals surface area contributed by atoms with Gasteiger partial charge in [0.1, 0.15) is 5.65 Å². The number of likely N-dealkylation sites (tertiary alicyclic amines) is 1.